The van der Waals surface area contributed by atoms with Crippen molar-refractivity contribution in [1.82, 2.24) is 15.4 Å². The van der Waals surface area contributed by atoms with Crippen molar-refractivity contribution in [2.24, 2.45) is 4.99 Å². The first-order valence-corrected chi connectivity index (χ1v) is 10.5. The monoisotopic (exact) mass is 546 g/mol. The zero-order valence-corrected chi connectivity index (χ0v) is 19.3. The van der Waals surface area contributed by atoms with E-state index in [1.165, 1.54) is 12.1 Å². The Bertz CT molecular complexity index is 862. The molecule has 0 amide bonds. The summed E-state index contributed by atoms with van der Waals surface area (Å²) in [7, 11) is -1.95. The first kappa shape index (κ1) is 24.1. The highest BCUT2D eigenvalue weighted by Gasteiger charge is 2.15. The van der Waals surface area contributed by atoms with Crippen molar-refractivity contribution in [3.8, 4) is 0 Å². The minimum atomic E-state index is -3.56. The molecule has 2 rings (SSSR count). The molecule has 2 aromatic rings. The topological polar surface area (TPSA) is 82.6 Å². The summed E-state index contributed by atoms with van der Waals surface area (Å²) >= 11 is 6.76. The summed E-state index contributed by atoms with van der Waals surface area (Å²) in [5, 5.41) is 6.05. The van der Waals surface area contributed by atoms with E-state index in [2.05, 4.69) is 20.3 Å². The Kier molecular flexibility index (Phi) is 10.5. The zero-order valence-electron chi connectivity index (χ0n) is 14.5. The molecule has 0 saturated carbocycles. The number of hydrogen-bond acceptors (Lipinski definition) is 4. The third-order valence-corrected chi connectivity index (χ3v) is 6.58. The van der Waals surface area contributed by atoms with Crippen molar-refractivity contribution in [3.05, 3.63) is 52.1 Å². The fourth-order valence-corrected chi connectivity index (χ4v) is 4.68. The zero-order chi connectivity index (χ0) is 19.0. The van der Waals surface area contributed by atoms with Crippen LogP contribution in [0, 0.1) is 5.82 Å². The highest BCUT2D eigenvalue weighted by atomic mass is 127. The van der Waals surface area contributed by atoms with Gasteiger partial charge in [0.1, 0.15) is 10.0 Å². The molecule has 1 heterocycles. The summed E-state index contributed by atoms with van der Waals surface area (Å²) in [6, 6.07) is 9.61. The van der Waals surface area contributed by atoms with Gasteiger partial charge in [-0.05, 0) is 30.2 Å². The molecular weight excluding hydrogens is 526 g/mol. The molecule has 0 unspecified atom stereocenters. The molecule has 1 aromatic heterocycles. The molecule has 0 bridgehead atoms. The summed E-state index contributed by atoms with van der Waals surface area (Å²) in [6.07, 6.45) is 0.513. The summed E-state index contributed by atoms with van der Waals surface area (Å²) in [5.41, 5.74) is 0.623. The summed E-state index contributed by atoms with van der Waals surface area (Å²) in [5.74, 6) is 0.278. The predicted molar refractivity (Wildman–Crippen MR) is 119 cm³/mol. The van der Waals surface area contributed by atoms with Gasteiger partial charge in [0.25, 0.3) is 0 Å². The van der Waals surface area contributed by atoms with Crippen molar-refractivity contribution in [2.75, 3.05) is 26.7 Å². The number of benzene rings is 1. The maximum absolute atomic E-state index is 13.6. The number of nitrogens with one attached hydrogen (secondary N) is 3. The average Bonchev–Trinajstić information content (AvgIpc) is 3.06. The van der Waals surface area contributed by atoms with Gasteiger partial charge in [0, 0.05) is 26.7 Å². The Hall–Kier alpha value is -0.950. The number of hydrogen-bond donors (Lipinski definition) is 3. The Morgan fingerprint density at radius 3 is 2.48 bits per heavy atom. The number of nitrogens with zero attached hydrogens (tertiary/aromatic N) is 1. The number of rotatable bonds is 8. The van der Waals surface area contributed by atoms with Gasteiger partial charge in [-0.3, -0.25) is 4.99 Å². The normalized spacial score (nSPS) is 11.7. The standard InChI is InChI=1S/C16H20ClFN4O2S2.HI/c1-19-16(20-9-8-12-4-2-3-5-13(12)18)21-10-11-22-26(23,24)15-7-6-14(17)25-15;/h2-7,22H,8-11H2,1H3,(H2,19,20,21);1H. The highest BCUT2D eigenvalue weighted by molar-refractivity contribution is 14.0. The van der Waals surface area contributed by atoms with Gasteiger partial charge < -0.3 is 10.6 Å². The van der Waals surface area contributed by atoms with Crippen LogP contribution < -0.4 is 15.4 Å². The van der Waals surface area contributed by atoms with E-state index in [9.17, 15) is 12.8 Å². The molecule has 0 atom stereocenters. The second kappa shape index (κ2) is 11.8. The van der Waals surface area contributed by atoms with E-state index in [1.54, 1.807) is 31.3 Å². The van der Waals surface area contributed by atoms with Crippen LogP contribution in [0.3, 0.4) is 0 Å². The number of sulfonamides is 1. The lowest BCUT2D eigenvalue weighted by Crippen LogP contribution is -2.42. The minimum absolute atomic E-state index is 0. The Morgan fingerprint density at radius 1 is 1.15 bits per heavy atom. The first-order chi connectivity index (χ1) is 12.4. The third kappa shape index (κ3) is 7.90. The smallest absolute Gasteiger partial charge is 0.250 e. The van der Waals surface area contributed by atoms with Crippen LogP contribution in [-0.2, 0) is 16.4 Å². The molecule has 11 heteroatoms. The molecule has 3 N–H and O–H groups in total. The average molecular weight is 547 g/mol. The molecule has 0 radical (unpaired) electrons. The SMILES string of the molecule is CN=C(NCCNS(=O)(=O)c1ccc(Cl)s1)NCCc1ccccc1F.I. The lowest BCUT2D eigenvalue weighted by molar-refractivity contribution is 0.582. The van der Waals surface area contributed by atoms with Crippen LogP contribution in [0.1, 0.15) is 5.56 Å². The molecule has 1 aromatic carbocycles. The van der Waals surface area contributed by atoms with Crippen LogP contribution in [0.25, 0.3) is 0 Å². The maximum atomic E-state index is 13.6. The summed E-state index contributed by atoms with van der Waals surface area (Å²) in [6.45, 7) is 1.03. The molecule has 6 nitrogen and oxygen atoms in total. The van der Waals surface area contributed by atoms with Crippen LogP contribution in [0.5, 0.6) is 0 Å². The molecule has 0 fully saturated rings. The van der Waals surface area contributed by atoms with Crippen LogP contribution in [0.2, 0.25) is 4.34 Å². The van der Waals surface area contributed by atoms with E-state index >= 15 is 0 Å². The number of aliphatic imine (C=N–C) groups is 1. The van der Waals surface area contributed by atoms with E-state index in [0.717, 1.165) is 11.3 Å². The van der Waals surface area contributed by atoms with Crippen molar-refractivity contribution in [1.29, 1.82) is 0 Å². The molecule has 0 spiro atoms. The number of halogens is 3. The van der Waals surface area contributed by atoms with Crippen LogP contribution in [0.4, 0.5) is 4.39 Å². The molecule has 0 aliphatic rings. The van der Waals surface area contributed by atoms with Gasteiger partial charge in [-0.2, -0.15) is 0 Å². The Labute approximate surface area is 184 Å². The molecule has 0 saturated heterocycles. The second-order valence-electron chi connectivity index (χ2n) is 5.22. The van der Waals surface area contributed by atoms with Gasteiger partial charge in [-0.25, -0.2) is 17.5 Å². The fourth-order valence-electron chi connectivity index (χ4n) is 2.12. The minimum Gasteiger partial charge on any atom is -0.356 e. The van der Waals surface area contributed by atoms with Gasteiger partial charge in [0.05, 0.1) is 4.34 Å². The second-order valence-corrected chi connectivity index (χ2v) is 8.93. The van der Waals surface area contributed by atoms with Crippen molar-refractivity contribution < 1.29 is 12.8 Å². The fraction of sp³-hybridized carbons (Fsp3) is 0.312. The Balaban J connectivity index is 0.00000364. The molecule has 0 aliphatic carbocycles. The van der Waals surface area contributed by atoms with E-state index < -0.39 is 10.0 Å². The van der Waals surface area contributed by atoms with Gasteiger partial charge in [0.2, 0.25) is 10.0 Å². The Morgan fingerprint density at radius 2 is 1.85 bits per heavy atom. The van der Waals surface area contributed by atoms with Gasteiger partial charge >= 0.3 is 0 Å². The molecule has 27 heavy (non-hydrogen) atoms. The number of thiophene rings is 1. The molecule has 150 valence electrons. The summed E-state index contributed by atoms with van der Waals surface area (Å²) < 4.78 is 40.7. The van der Waals surface area contributed by atoms with E-state index in [4.69, 9.17) is 11.6 Å². The van der Waals surface area contributed by atoms with Crippen molar-refractivity contribution >= 4 is 62.9 Å². The van der Waals surface area contributed by atoms with Crippen molar-refractivity contribution in [2.45, 2.75) is 10.6 Å². The number of guanidine groups is 1. The predicted octanol–water partition coefficient (Wildman–Crippen LogP) is 2.84. The van der Waals surface area contributed by atoms with Crippen LogP contribution in [0.15, 0.2) is 45.6 Å². The maximum Gasteiger partial charge on any atom is 0.250 e. The summed E-state index contributed by atoms with van der Waals surface area (Å²) in [4.78, 5) is 4.05. The quantitative estimate of drug-likeness (QED) is 0.206. The first-order valence-electron chi connectivity index (χ1n) is 7.85. The molecular formula is C16H21ClFIN4O2S2. The van der Waals surface area contributed by atoms with Crippen LogP contribution in [-0.4, -0.2) is 41.1 Å². The highest BCUT2D eigenvalue weighted by Crippen LogP contribution is 2.25. The largest absolute Gasteiger partial charge is 0.356 e. The lowest BCUT2D eigenvalue weighted by Gasteiger charge is -2.12. The van der Waals surface area contributed by atoms with Gasteiger partial charge in [-0.1, -0.05) is 29.8 Å². The van der Waals surface area contributed by atoms with E-state index in [-0.39, 0.29) is 40.5 Å². The van der Waals surface area contributed by atoms with E-state index in [0.29, 0.717) is 35.4 Å². The molecule has 0 aliphatic heterocycles. The lowest BCUT2D eigenvalue weighted by atomic mass is 10.1. The van der Waals surface area contributed by atoms with Gasteiger partial charge in [0.15, 0.2) is 5.96 Å². The van der Waals surface area contributed by atoms with E-state index in [1.807, 2.05) is 0 Å². The van der Waals surface area contributed by atoms with Crippen molar-refractivity contribution in [3.63, 3.8) is 0 Å². The third-order valence-electron chi connectivity index (χ3n) is 3.39. The van der Waals surface area contributed by atoms with Gasteiger partial charge in [-0.15, -0.1) is 35.3 Å². The van der Waals surface area contributed by atoms with Crippen LogP contribution >= 0.6 is 46.9 Å².